The summed E-state index contributed by atoms with van der Waals surface area (Å²) < 4.78 is 0. The predicted molar refractivity (Wildman–Crippen MR) is 87.1 cm³/mol. The minimum Gasteiger partial charge on any atom is -0.297 e. The third-order valence-electron chi connectivity index (χ3n) is 2.86. The molecule has 0 aliphatic heterocycles. The van der Waals surface area contributed by atoms with Crippen molar-refractivity contribution in [1.82, 2.24) is 9.97 Å². The lowest BCUT2D eigenvalue weighted by atomic mass is 10.2. The number of benzene rings is 1. The maximum absolute atomic E-state index is 12.3. The summed E-state index contributed by atoms with van der Waals surface area (Å²) in [6.45, 7) is 3.75. The van der Waals surface area contributed by atoms with Crippen LogP contribution in [0.5, 0.6) is 0 Å². The van der Waals surface area contributed by atoms with Crippen LogP contribution in [0.25, 0.3) is 10.6 Å². The van der Waals surface area contributed by atoms with Gasteiger partial charge in [0.05, 0.1) is 11.4 Å². The fourth-order valence-corrected chi connectivity index (χ4v) is 3.53. The molecule has 0 radical (unpaired) electrons. The zero-order chi connectivity index (χ0) is 14.8. The quantitative estimate of drug-likeness (QED) is 0.790. The van der Waals surface area contributed by atoms with Crippen LogP contribution in [-0.4, -0.2) is 15.9 Å². The Balaban J connectivity index is 1.86. The topological polar surface area (TPSA) is 54.9 Å². The molecule has 0 unspecified atom stereocenters. The third-order valence-corrected chi connectivity index (χ3v) is 4.94. The second-order valence-corrected chi connectivity index (χ2v) is 6.40. The van der Waals surface area contributed by atoms with Crippen molar-refractivity contribution < 1.29 is 4.79 Å². The van der Waals surface area contributed by atoms with E-state index < -0.39 is 0 Å². The second-order valence-electron chi connectivity index (χ2n) is 4.55. The highest BCUT2D eigenvalue weighted by molar-refractivity contribution is 7.17. The molecule has 6 heteroatoms. The van der Waals surface area contributed by atoms with E-state index in [0.29, 0.717) is 10.0 Å². The minimum absolute atomic E-state index is 0.151. The van der Waals surface area contributed by atoms with E-state index >= 15 is 0 Å². The van der Waals surface area contributed by atoms with Gasteiger partial charge in [-0.2, -0.15) is 0 Å². The summed E-state index contributed by atoms with van der Waals surface area (Å²) >= 11 is 2.82. The molecule has 1 aromatic carbocycles. The van der Waals surface area contributed by atoms with Crippen LogP contribution >= 0.6 is 22.7 Å². The number of hydrogen-bond acceptors (Lipinski definition) is 5. The first kappa shape index (κ1) is 13.9. The van der Waals surface area contributed by atoms with Crippen molar-refractivity contribution in [3.8, 4) is 10.6 Å². The fraction of sp³-hybridized carbons (Fsp3) is 0.133. The number of carbonyl (C=O) groups is 1. The summed E-state index contributed by atoms with van der Waals surface area (Å²) in [5.74, 6) is -0.151. The molecule has 0 aliphatic carbocycles. The van der Waals surface area contributed by atoms with Crippen LogP contribution in [0.3, 0.4) is 0 Å². The molecule has 2 aromatic heterocycles. The van der Waals surface area contributed by atoms with E-state index in [4.69, 9.17) is 0 Å². The fourth-order valence-electron chi connectivity index (χ4n) is 1.88. The van der Waals surface area contributed by atoms with Gasteiger partial charge in [-0.05, 0) is 13.8 Å². The molecule has 21 heavy (non-hydrogen) atoms. The van der Waals surface area contributed by atoms with E-state index in [1.165, 1.54) is 22.7 Å². The van der Waals surface area contributed by atoms with Crippen molar-refractivity contribution in [2.24, 2.45) is 0 Å². The van der Waals surface area contributed by atoms with Gasteiger partial charge in [-0.3, -0.25) is 10.1 Å². The Hall–Kier alpha value is -2.05. The highest BCUT2D eigenvalue weighted by Gasteiger charge is 2.17. The van der Waals surface area contributed by atoms with Gasteiger partial charge in [-0.1, -0.05) is 30.3 Å². The van der Waals surface area contributed by atoms with Crippen molar-refractivity contribution >= 4 is 33.7 Å². The number of carbonyl (C=O) groups excluding carboxylic acids is 1. The summed E-state index contributed by atoms with van der Waals surface area (Å²) in [6, 6.07) is 9.87. The van der Waals surface area contributed by atoms with Gasteiger partial charge in [0.15, 0.2) is 5.13 Å². The smallest absolute Gasteiger partial charge is 0.269 e. The number of amides is 1. The summed E-state index contributed by atoms with van der Waals surface area (Å²) in [5, 5.41) is 6.20. The molecule has 0 aliphatic rings. The number of rotatable bonds is 3. The van der Waals surface area contributed by atoms with Gasteiger partial charge in [0.2, 0.25) is 0 Å². The van der Waals surface area contributed by atoms with Crippen molar-refractivity contribution in [1.29, 1.82) is 0 Å². The average Bonchev–Trinajstić information content (AvgIpc) is 3.06. The van der Waals surface area contributed by atoms with E-state index in [0.717, 1.165) is 22.0 Å². The van der Waals surface area contributed by atoms with E-state index in [1.54, 1.807) is 0 Å². The number of aryl methyl sites for hydroxylation is 2. The molecule has 0 fully saturated rings. The van der Waals surface area contributed by atoms with E-state index in [-0.39, 0.29) is 5.91 Å². The second kappa shape index (κ2) is 5.75. The predicted octanol–water partition coefficient (Wildman–Crippen LogP) is 4.14. The Morgan fingerprint density at radius 3 is 2.57 bits per heavy atom. The van der Waals surface area contributed by atoms with Crippen LogP contribution in [0, 0.1) is 13.8 Å². The highest BCUT2D eigenvalue weighted by atomic mass is 32.1. The van der Waals surface area contributed by atoms with Gasteiger partial charge in [0.25, 0.3) is 5.91 Å². The molecular weight excluding hydrogens is 302 g/mol. The number of thiazole rings is 2. The largest absolute Gasteiger partial charge is 0.297 e. The first-order valence-electron chi connectivity index (χ1n) is 6.40. The molecule has 106 valence electrons. The molecule has 1 amide bonds. The summed E-state index contributed by atoms with van der Waals surface area (Å²) in [7, 11) is 0. The number of nitrogens with zero attached hydrogens (tertiary/aromatic N) is 2. The van der Waals surface area contributed by atoms with Crippen LogP contribution in [0.1, 0.15) is 21.1 Å². The zero-order valence-electron chi connectivity index (χ0n) is 11.6. The normalized spacial score (nSPS) is 10.6. The van der Waals surface area contributed by atoms with Gasteiger partial charge in [0.1, 0.15) is 9.88 Å². The van der Waals surface area contributed by atoms with Crippen LogP contribution in [-0.2, 0) is 0 Å². The van der Waals surface area contributed by atoms with Crippen LogP contribution in [0.2, 0.25) is 0 Å². The molecule has 0 saturated carbocycles. The molecule has 3 aromatic rings. The van der Waals surface area contributed by atoms with Crippen molar-refractivity contribution in [3.05, 3.63) is 52.0 Å². The molecule has 2 heterocycles. The Kier molecular flexibility index (Phi) is 3.81. The van der Waals surface area contributed by atoms with Gasteiger partial charge < -0.3 is 0 Å². The summed E-state index contributed by atoms with van der Waals surface area (Å²) in [5.41, 5.74) is 2.67. The highest BCUT2D eigenvalue weighted by Crippen LogP contribution is 2.28. The molecule has 0 spiro atoms. The molecule has 0 saturated heterocycles. The standard InChI is InChI=1S/C15H13N3OS2/c1-9-8-20-15(16-9)18-13(19)12-10(2)17-14(21-12)11-6-4-3-5-7-11/h3-8H,1-2H3,(H,16,18,19). The average molecular weight is 315 g/mol. The lowest BCUT2D eigenvalue weighted by Crippen LogP contribution is -2.11. The lowest BCUT2D eigenvalue weighted by molar-refractivity contribution is 0.103. The van der Waals surface area contributed by atoms with Gasteiger partial charge >= 0.3 is 0 Å². The SMILES string of the molecule is Cc1csc(NC(=O)c2sc(-c3ccccc3)nc2C)n1. The first-order valence-corrected chi connectivity index (χ1v) is 8.09. The monoisotopic (exact) mass is 315 g/mol. The summed E-state index contributed by atoms with van der Waals surface area (Å²) in [6.07, 6.45) is 0. The number of anilines is 1. The van der Waals surface area contributed by atoms with Gasteiger partial charge in [-0.15, -0.1) is 22.7 Å². The van der Waals surface area contributed by atoms with Crippen LogP contribution < -0.4 is 5.32 Å². The molecule has 0 bridgehead atoms. The van der Waals surface area contributed by atoms with Crippen LogP contribution in [0.4, 0.5) is 5.13 Å². The minimum atomic E-state index is -0.151. The molecule has 1 N–H and O–H groups in total. The number of aromatic nitrogens is 2. The third kappa shape index (κ3) is 3.01. The maximum atomic E-state index is 12.3. The molecule has 4 nitrogen and oxygen atoms in total. The number of hydrogen-bond donors (Lipinski definition) is 1. The summed E-state index contributed by atoms with van der Waals surface area (Å²) in [4.78, 5) is 21.7. The van der Waals surface area contributed by atoms with Gasteiger partial charge in [0, 0.05) is 10.9 Å². The molecule has 0 atom stereocenters. The maximum Gasteiger partial charge on any atom is 0.269 e. The van der Waals surface area contributed by atoms with Crippen molar-refractivity contribution in [2.45, 2.75) is 13.8 Å². The molecular formula is C15H13N3OS2. The van der Waals surface area contributed by atoms with E-state index in [9.17, 15) is 4.79 Å². The first-order chi connectivity index (χ1) is 10.1. The Labute approximate surface area is 130 Å². The van der Waals surface area contributed by atoms with E-state index in [1.807, 2.05) is 49.6 Å². The number of nitrogens with one attached hydrogen (secondary N) is 1. The van der Waals surface area contributed by atoms with Crippen molar-refractivity contribution in [3.63, 3.8) is 0 Å². The zero-order valence-corrected chi connectivity index (χ0v) is 13.2. The Bertz CT molecular complexity index is 777. The van der Waals surface area contributed by atoms with Gasteiger partial charge in [-0.25, -0.2) is 9.97 Å². The Morgan fingerprint density at radius 1 is 1.14 bits per heavy atom. The molecule has 3 rings (SSSR count). The Morgan fingerprint density at radius 2 is 1.90 bits per heavy atom. The van der Waals surface area contributed by atoms with E-state index in [2.05, 4.69) is 15.3 Å². The van der Waals surface area contributed by atoms with Crippen molar-refractivity contribution in [2.75, 3.05) is 5.32 Å². The van der Waals surface area contributed by atoms with Crippen LogP contribution in [0.15, 0.2) is 35.7 Å². The lowest BCUT2D eigenvalue weighted by Gasteiger charge is -1.98.